The van der Waals surface area contributed by atoms with Crippen LogP contribution in [0.2, 0.25) is 0 Å². The van der Waals surface area contributed by atoms with Crippen molar-refractivity contribution < 1.29 is 8.83 Å². The molecular weight excluding hydrogens is 860 g/mol. The number of hydrogen-bond acceptors (Lipinski definition) is 2. The quantitative estimate of drug-likeness (QED) is 0.195. The molecule has 0 amide bonds. The lowest BCUT2D eigenvalue weighted by Gasteiger charge is -2.19. The summed E-state index contributed by atoms with van der Waals surface area (Å²) in [4.78, 5) is 0. The van der Waals surface area contributed by atoms with E-state index in [0.29, 0.717) is 43.9 Å². The zero-order chi connectivity index (χ0) is 50.1. The van der Waals surface area contributed by atoms with Crippen LogP contribution in [0.5, 0.6) is 0 Å². The highest BCUT2D eigenvalue weighted by atomic mass is 16.3. The maximum Gasteiger partial charge on any atom is 0.158 e. The van der Waals surface area contributed by atoms with Crippen LogP contribution in [0.25, 0.3) is 121 Å². The second-order valence-corrected chi connectivity index (χ2v) is 18.3. The summed E-state index contributed by atoms with van der Waals surface area (Å²) < 4.78 is 17.1. The summed E-state index contributed by atoms with van der Waals surface area (Å²) in [5.74, 6) is 0. The first-order chi connectivity index (χ1) is 34.6. The number of rotatable bonds is 4. The third kappa shape index (κ3) is 5.90. The largest absolute Gasteiger partial charge is 0.457 e. The van der Waals surface area contributed by atoms with E-state index >= 15 is 0 Å². The van der Waals surface area contributed by atoms with Crippen molar-refractivity contribution in [3.8, 4) is 33.6 Å². The van der Waals surface area contributed by atoms with E-state index in [1.165, 1.54) is 0 Å². The van der Waals surface area contributed by atoms with Crippen LogP contribution in [0.15, 0.2) is 118 Å². The summed E-state index contributed by atoms with van der Waals surface area (Å²) in [6.07, 6.45) is 0. The van der Waals surface area contributed by atoms with Gasteiger partial charge >= 0.3 is 0 Å². The molecule has 13 rings (SSSR count). The molecule has 0 fully saturated rings. The molecule has 0 saturated heterocycles. The lowest BCUT2D eigenvalue weighted by atomic mass is 9.64. The lowest BCUT2D eigenvalue weighted by molar-refractivity contribution is 0.670. The second-order valence-electron chi connectivity index (χ2n) is 18.3. The Labute approximate surface area is 432 Å². The third-order valence-corrected chi connectivity index (χ3v) is 14.5. The van der Waals surface area contributed by atoms with E-state index in [0.717, 1.165) is 54.9 Å². The highest BCUT2D eigenvalue weighted by molar-refractivity contribution is 6.71. The van der Waals surface area contributed by atoms with Gasteiger partial charge in [0.2, 0.25) is 0 Å². The number of aromatic nitrogens is 2. The van der Waals surface area contributed by atoms with Gasteiger partial charge < -0.3 is 18.0 Å². The Morgan fingerprint density at radius 1 is 0.278 bits per heavy atom. The molecule has 4 nitrogen and oxygen atoms in total. The van der Waals surface area contributed by atoms with Crippen molar-refractivity contribution in [2.75, 3.05) is 0 Å². The molecule has 9 aromatic carbocycles. The minimum atomic E-state index is 0.0689. The van der Waals surface area contributed by atoms with E-state index in [1.807, 2.05) is 47.0 Å². The number of hydrogen-bond donors (Lipinski definition) is 0. The Balaban J connectivity index is 1.12. The molecule has 0 unspecified atom stereocenters. The van der Waals surface area contributed by atoms with Crippen molar-refractivity contribution in [2.24, 2.45) is 0 Å². The van der Waals surface area contributed by atoms with Crippen LogP contribution in [0.4, 0.5) is 0 Å². The average Bonchev–Trinajstić information content (AvgIpc) is 4.16. The van der Waals surface area contributed by atoms with Crippen LogP contribution in [0, 0.1) is 0 Å². The third-order valence-electron chi connectivity index (χ3n) is 14.5. The van der Waals surface area contributed by atoms with Crippen molar-refractivity contribution in [3.05, 3.63) is 109 Å². The van der Waals surface area contributed by atoms with Gasteiger partial charge in [0.25, 0.3) is 0 Å². The van der Waals surface area contributed by atoms with Crippen LogP contribution >= 0.6 is 0 Å². The van der Waals surface area contributed by atoms with Gasteiger partial charge in [-0.15, -0.1) is 27.3 Å². The van der Waals surface area contributed by atoms with Gasteiger partial charge in [0.1, 0.15) is 127 Å². The molecule has 13 aromatic rings. The molecule has 0 aliphatic heterocycles. The molecule has 28 radical (unpaired) electrons. The maximum absolute atomic E-state index is 7.15. The van der Waals surface area contributed by atoms with Gasteiger partial charge in [-0.25, -0.2) is 0 Å². The van der Waals surface area contributed by atoms with Gasteiger partial charge in [-0.3, -0.25) is 0 Å². The molecule has 0 saturated carbocycles. The van der Waals surface area contributed by atoms with Crippen LogP contribution in [-0.4, -0.2) is 119 Å². The molecule has 0 spiro atoms. The molecule has 0 aliphatic rings. The van der Waals surface area contributed by atoms with Crippen LogP contribution in [0.3, 0.4) is 0 Å². The highest BCUT2D eigenvalue weighted by Crippen LogP contribution is 2.41. The molecular formula is C54H18B14N2O2. The Morgan fingerprint density at radius 2 is 0.667 bits per heavy atom. The lowest BCUT2D eigenvalue weighted by Crippen LogP contribution is -2.48. The summed E-state index contributed by atoms with van der Waals surface area (Å²) in [5.41, 5.74) is 10.4. The molecule has 0 N–H and O–H groups in total. The van der Waals surface area contributed by atoms with Crippen molar-refractivity contribution in [3.63, 3.8) is 0 Å². The van der Waals surface area contributed by atoms with E-state index in [4.69, 9.17) is 119 Å². The van der Waals surface area contributed by atoms with E-state index in [-0.39, 0.29) is 98.8 Å². The van der Waals surface area contributed by atoms with Crippen molar-refractivity contribution in [1.29, 1.82) is 0 Å². The summed E-state index contributed by atoms with van der Waals surface area (Å²) >= 11 is 0. The molecule has 298 valence electrons. The normalized spacial score (nSPS) is 12.1. The molecule has 18 heteroatoms. The minimum Gasteiger partial charge on any atom is -0.457 e. The van der Waals surface area contributed by atoms with Crippen molar-refractivity contribution in [1.82, 2.24) is 9.13 Å². The summed E-state index contributed by atoms with van der Waals surface area (Å²) in [6, 6.07) is 37.2. The monoisotopic (exact) mass is 880 g/mol. The zero-order valence-electron chi connectivity index (χ0n) is 38.2. The number of benzene rings is 9. The molecule has 0 bridgehead atoms. The first-order valence-corrected chi connectivity index (χ1v) is 22.7. The van der Waals surface area contributed by atoms with Gasteiger partial charge in [0.15, 0.2) is 5.58 Å². The zero-order valence-corrected chi connectivity index (χ0v) is 38.2. The summed E-state index contributed by atoms with van der Waals surface area (Å²) in [7, 11) is 93.1. The Hall–Kier alpha value is -6.91. The number of furan rings is 2. The summed E-state index contributed by atoms with van der Waals surface area (Å²) in [5, 5.41) is 5.24. The standard InChI is InChI=1S/C54H18B14N2O2/c55-36-31(37(56)47(66)51-32(36)33-38(57)41(60)44(63)48(67)52(33)71-51)21-12-15-30-26(18-21)25-17-20(19-10-13-28-24(16-19)23-8-4-5-9-27(23)69(28)22-6-2-1-3-7-22)11-14-29(25)70(30)50-46(65)43(62)40(59)35-34-39(58)42(61)45(64)49(68)53(34)72-54(35)50/h1-18H. The van der Waals surface area contributed by atoms with Crippen molar-refractivity contribution in [2.45, 2.75) is 0 Å². The van der Waals surface area contributed by atoms with Gasteiger partial charge in [-0.2, -0.15) is 0 Å². The van der Waals surface area contributed by atoms with E-state index in [9.17, 15) is 0 Å². The summed E-state index contributed by atoms with van der Waals surface area (Å²) in [6.45, 7) is 0. The topological polar surface area (TPSA) is 36.1 Å². The van der Waals surface area contributed by atoms with Crippen molar-refractivity contribution >= 4 is 274 Å². The molecule has 72 heavy (non-hydrogen) atoms. The fraction of sp³-hybridized carbons (Fsp3) is 0. The smallest absolute Gasteiger partial charge is 0.158 e. The predicted octanol–water partition coefficient (Wildman–Crippen LogP) is -1.87. The Kier molecular flexibility index (Phi) is 9.87. The average molecular weight is 878 g/mol. The fourth-order valence-electron chi connectivity index (χ4n) is 10.9. The molecule has 4 heterocycles. The van der Waals surface area contributed by atoms with E-state index in [2.05, 4.69) is 71.3 Å². The molecule has 0 atom stereocenters. The van der Waals surface area contributed by atoms with Gasteiger partial charge in [-0.05, 0) is 76.9 Å². The highest BCUT2D eigenvalue weighted by Gasteiger charge is 2.27. The van der Waals surface area contributed by atoms with Gasteiger partial charge in [0, 0.05) is 48.8 Å². The van der Waals surface area contributed by atoms with Crippen LogP contribution in [0.1, 0.15) is 0 Å². The Bertz CT molecular complexity index is 4630. The predicted molar refractivity (Wildman–Crippen MR) is 316 cm³/mol. The van der Waals surface area contributed by atoms with Crippen LogP contribution in [-0.2, 0) is 0 Å². The van der Waals surface area contributed by atoms with E-state index < -0.39 is 0 Å². The Morgan fingerprint density at radius 3 is 1.24 bits per heavy atom. The van der Waals surface area contributed by atoms with E-state index in [1.54, 1.807) is 0 Å². The number of fused-ring (bicyclic) bond motifs is 12. The molecule has 0 aliphatic carbocycles. The minimum absolute atomic E-state index is 0.0689. The number of nitrogens with zero attached hydrogens (tertiary/aromatic N) is 2. The molecule has 4 aromatic heterocycles. The van der Waals surface area contributed by atoms with Gasteiger partial charge in [-0.1, -0.05) is 104 Å². The SMILES string of the molecule is [B]c1c([B])c([B])c2c(oc3c([B])c([B])c(-c4ccc5c(c4)c4cc(-c6ccc7c(c6)c6ccccc6n7-c6ccccc6)ccc4n5-c4c([B])c([B])c([B])c5c4oc4c([B])c([B])c([B])c([B])c45)c([B])c32)c1[B]. The van der Waals surface area contributed by atoms with Gasteiger partial charge in [0.05, 0.1) is 27.8 Å². The maximum atomic E-state index is 7.15. The first-order valence-electron chi connectivity index (χ1n) is 22.7. The van der Waals surface area contributed by atoms with Crippen LogP contribution < -0.4 is 76.5 Å². The fourth-order valence-corrected chi connectivity index (χ4v) is 10.9. The number of para-hydroxylation sites is 2. The second kappa shape index (κ2) is 15.8. The first kappa shape index (κ1) is 45.0.